The zero-order chi connectivity index (χ0) is 16.3. The maximum absolute atomic E-state index is 13.8. The minimum absolute atomic E-state index is 0.0351. The largest absolute Gasteiger partial charge is 0.496 e. The number of anilines is 1. The Labute approximate surface area is 125 Å². The summed E-state index contributed by atoms with van der Waals surface area (Å²) in [4.78, 5) is 0. The quantitative estimate of drug-likeness (QED) is 0.861. The van der Waals surface area contributed by atoms with Gasteiger partial charge in [-0.15, -0.1) is 0 Å². The fraction of sp³-hybridized carbons (Fsp3) is 0.200. The fourth-order valence-electron chi connectivity index (χ4n) is 1.88. The lowest BCUT2D eigenvalue weighted by Gasteiger charge is -2.14. The molecule has 0 saturated carbocycles. The molecule has 2 aromatic carbocycles. The van der Waals surface area contributed by atoms with Crippen LogP contribution in [0.3, 0.4) is 0 Å². The predicted molar refractivity (Wildman–Crippen MR) is 74.6 cm³/mol. The SMILES string of the molecule is COc1cc(F)c(N)cc1COc1c(OC)ccc(F)c1F. The molecule has 0 aromatic heterocycles. The zero-order valence-corrected chi connectivity index (χ0v) is 12.0. The molecular weight excluding hydrogens is 299 g/mol. The summed E-state index contributed by atoms with van der Waals surface area (Å²) in [5, 5.41) is 0. The summed E-state index contributed by atoms with van der Waals surface area (Å²) in [6.45, 7) is -0.204. The van der Waals surface area contributed by atoms with Crippen molar-refractivity contribution < 1.29 is 27.4 Å². The van der Waals surface area contributed by atoms with Gasteiger partial charge in [0.2, 0.25) is 11.6 Å². The normalized spacial score (nSPS) is 10.4. The molecule has 2 aromatic rings. The van der Waals surface area contributed by atoms with Crippen molar-refractivity contribution in [3.63, 3.8) is 0 Å². The molecule has 2 rings (SSSR count). The van der Waals surface area contributed by atoms with Gasteiger partial charge in [-0.05, 0) is 18.2 Å². The van der Waals surface area contributed by atoms with Gasteiger partial charge in [0, 0.05) is 11.6 Å². The first-order valence-corrected chi connectivity index (χ1v) is 6.24. The van der Waals surface area contributed by atoms with Crippen molar-refractivity contribution in [2.45, 2.75) is 6.61 Å². The molecule has 0 atom stereocenters. The lowest BCUT2D eigenvalue weighted by atomic mass is 10.2. The van der Waals surface area contributed by atoms with Gasteiger partial charge in [-0.3, -0.25) is 0 Å². The standard InChI is InChI=1S/C15H14F3NO3/c1-20-12-4-3-9(16)14(18)15(12)22-7-8-5-11(19)10(17)6-13(8)21-2/h3-6H,7,19H2,1-2H3. The maximum Gasteiger partial charge on any atom is 0.204 e. The van der Waals surface area contributed by atoms with Crippen molar-refractivity contribution in [2.75, 3.05) is 20.0 Å². The average molecular weight is 313 g/mol. The number of rotatable bonds is 5. The van der Waals surface area contributed by atoms with E-state index in [2.05, 4.69) is 0 Å². The number of benzene rings is 2. The van der Waals surface area contributed by atoms with Crippen LogP contribution >= 0.6 is 0 Å². The zero-order valence-electron chi connectivity index (χ0n) is 12.0. The Hall–Kier alpha value is -2.57. The molecule has 22 heavy (non-hydrogen) atoms. The van der Waals surface area contributed by atoms with Crippen LogP contribution in [0, 0.1) is 17.5 Å². The van der Waals surface area contributed by atoms with E-state index >= 15 is 0 Å². The molecule has 7 heteroatoms. The lowest BCUT2D eigenvalue weighted by Crippen LogP contribution is -2.04. The molecule has 4 nitrogen and oxygen atoms in total. The predicted octanol–water partition coefficient (Wildman–Crippen LogP) is 3.28. The molecule has 2 N–H and O–H groups in total. The Morgan fingerprint density at radius 2 is 1.64 bits per heavy atom. The Balaban J connectivity index is 2.31. The molecule has 0 spiro atoms. The molecule has 0 unspecified atom stereocenters. The van der Waals surface area contributed by atoms with Crippen LogP contribution in [0.25, 0.3) is 0 Å². The van der Waals surface area contributed by atoms with E-state index in [0.29, 0.717) is 5.56 Å². The Kier molecular flexibility index (Phi) is 4.65. The maximum atomic E-state index is 13.8. The molecule has 118 valence electrons. The van der Waals surface area contributed by atoms with Crippen molar-refractivity contribution in [3.8, 4) is 17.2 Å². The van der Waals surface area contributed by atoms with Crippen LogP contribution in [0.2, 0.25) is 0 Å². The minimum Gasteiger partial charge on any atom is -0.496 e. The second-order valence-corrected chi connectivity index (χ2v) is 4.37. The summed E-state index contributed by atoms with van der Waals surface area (Å²) >= 11 is 0. The highest BCUT2D eigenvalue weighted by atomic mass is 19.2. The van der Waals surface area contributed by atoms with E-state index in [4.69, 9.17) is 19.9 Å². The van der Waals surface area contributed by atoms with Crippen LogP contribution in [0.5, 0.6) is 17.2 Å². The van der Waals surface area contributed by atoms with Crippen molar-refractivity contribution in [3.05, 3.63) is 47.3 Å². The molecule has 0 radical (unpaired) electrons. The molecular formula is C15H14F3NO3. The van der Waals surface area contributed by atoms with Crippen LogP contribution in [0.4, 0.5) is 18.9 Å². The average Bonchev–Trinajstić information content (AvgIpc) is 2.51. The highest BCUT2D eigenvalue weighted by Gasteiger charge is 2.17. The highest BCUT2D eigenvalue weighted by Crippen LogP contribution is 2.33. The van der Waals surface area contributed by atoms with Crippen LogP contribution < -0.4 is 19.9 Å². The van der Waals surface area contributed by atoms with Crippen LogP contribution in [-0.4, -0.2) is 14.2 Å². The number of methoxy groups -OCH3 is 2. The smallest absolute Gasteiger partial charge is 0.204 e. The minimum atomic E-state index is -1.17. The van der Waals surface area contributed by atoms with Crippen molar-refractivity contribution >= 4 is 5.69 Å². The summed E-state index contributed by atoms with van der Waals surface area (Å²) < 4.78 is 55.6. The summed E-state index contributed by atoms with van der Waals surface area (Å²) in [5.41, 5.74) is 5.75. The van der Waals surface area contributed by atoms with Gasteiger partial charge in [-0.1, -0.05) is 0 Å². The monoisotopic (exact) mass is 313 g/mol. The van der Waals surface area contributed by atoms with Gasteiger partial charge in [0.15, 0.2) is 11.6 Å². The van der Waals surface area contributed by atoms with Gasteiger partial charge in [0.1, 0.15) is 18.2 Å². The number of nitrogen functional groups attached to an aromatic ring is 1. The number of ether oxygens (including phenoxy) is 3. The highest BCUT2D eigenvalue weighted by molar-refractivity contribution is 5.49. The second-order valence-electron chi connectivity index (χ2n) is 4.37. The van der Waals surface area contributed by atoms with Crippen molar-refractivity contribution in [1.82, 2.24) is 0 Å². The Morgan fingerprint density at radius 1 is 0.955 bits per heavy atom. The molecule has 0 aliphatic heterocycles. The van der Waals surface area contributed by atoms with Gasteiger partial charge < -0.3 is 19.9 Å². The molecule has 0 aliphatic carbocycles. The van der Waals surface area contributed by atoms with E-state index in [1.54, 1.807) is 0 Å². The van der Waals surface area contributed by atoms with E-state index in [1.165, 1.54) is 26.4 Å². The van der Waals surface area contributed by atoms with E-state index in [9.17, 15) is 13.2 Å². The summed E-state index contributed by atoms with van der Waals surface area (Å²) in [6.07, 6.45) is 0. The van der Waals surface area contributed by atoms with Gasteiger partial charge >= 0.3 is 0 Å². The van der Waals surface area contributed by atoms with Gasteiger partial charge in [0.05, 0.1) is 19.9 Å². The summed E-state index contributed by atoms with van der Waals surface area (Å²) in [6, 6.07) is 4.56. The van der Waals surface area contributed by atoms with Crippen LogP contribution in [0.1, 0.15) is 5.56 Å². The number of nitrogens with two attached hydrogens (primary N) is 1. The van der Waals surface area contributed by atoms with E-state index < -0.39 is 17.5 Å². The van der Waals surface area contributed by atoms with Crippen molar-refractivity contribution in [1.29, 1.82) is 0 Å². The number of halogens is 3. The summed E-state index contributed by atoms with van der Waals surface area (Å²) in [5.74, 6) is -3.05. The lowest BCUT2D eigenvalue weighted by molar-refractivity contribution is 0.259. The van der Waals surface area contributed by atoms with Gasteiger partial charge in [-0.2, -0.15) is 4.39 Å². The van der Waals surface area contributed by atoms with Gasteiger partial charge in [-0.25, -0.2) is 8.78 Å². The molecule has 0 bridgehead atoms. The summed E-state index contributed by atoms with van der Waals surface area (Å²) in [7, 11) is 2.65. The van der Waals surface area contributed by atoms with E-state index in [1.807, 2.05) is 0 Å². The molecule has 0 saturated heterocycles. The van der Waals surface area contributed by atoms with Crippen molar-refractivity contribution in [2.24, 2.45) is 0 Å². The number of hydrogen-bond acceptors (Lipinski definition) is 4. The number of hydrogen-bond donors (Lipinski definition) is 1. The third kappa shape index (κ3) is 3.03. The van der Waals surface area contributed by atoms with Crippen LogP contribution in [0.15, 0.2) is 24.3 Å². The third-order valence-corrected chi connectivity index (χ3v) is 3.01. The van der Waals surface area contributed by atoms with E-state index in [0.717, 1.165) is 12.1 Å². The fourth-order valence-corrected chi connectivity index (χ4v) is 1.88. The van der Waals surface area contributed by atoms with Gasteiger partial charge in [0.25, 0.3) is 0 Å². The molecule has 0 amide bonds. The first-order valence-electron chi connectivity index (χ1n) is 6.24. The van der Waals surface area contributed by atoms with Crippen LogP contribution in [-0.2, 0) is 6.61 Å². The molecule has 0 heterocycles. The first kappa shape index (κ1) is 15.8. The van der Waals surface area contributed by atoms with E-state index in [-0.39, 0.29) is 29.5 Å². The molecule has 0 fully saturated rings. The topological polar surface area (TPSA) is 53.7 Å². The second kappa shape index (κ2) is 6.46. The Morgan fingerprint density at radius 3 is 2.27 bits per heavy atom. The third-order valence-electron chi connectivity index (χ3n) is 3.01. The molecule has 0 aliphatic rings. The first-order chi connectivity index (χ1) is 10.5. The Bertz CT molecular complexity index is 692.